The van der Waals surface area contributed by atoms with E-state index in [1.165, 1.54) is 4.90 Å². The third-order valence-corrected chi connectivity index (χ3v) is 5.80. The van der Waals surface area contributed by atoms with Gasteiger partial charge in [0.15, 0.2) is 9.84 Å². The number of rotatable bonds is 3. The van der Waals surface area contributed by atoms with Crippen LogP contribution in [-0.4, -0.2) is 42.7 Å². The van der Waals surface area contributed by atoms with Crippen molar-refractivity contribution in [3.63, 3.8) is 0 Å². The molecule has 22 heavy (non-hydrogen) atoms. The molecular formula is C15H15ClN2O3S. The fraction of sp³-hybridized carbons (Fsp3) is 0.333. The number of anilines is 1. The molecule has 5 nitrogen and oxygen atoms in total. The normalized spacial score (nSPS) is 20.1. The van der Waals surface area contributed by atoms with E-state index in [4.69, 9.17) is 11.6 Å². The van der Waals surface area contributed by atoms with E-state index in [2.05, 4.69) is 4.98 Å². The molecule has 1 aliphatic rings. The van der Waals surface area contributed by atoms with Gasteiger partial charge in [-0.3, -0.25) is 9.78 Å². The van der Waals surface area contributed by atoms with E-state index in [1.54, 1.807) is 12.3 Å². The lowest BCUT2D eigenvalue weighted by Gasteiger charge is -2.28. The lowest BCUT2D eigenvalue weighted by atomic mass is 10.1. The smallest absolute Gasteiger partial charge is 0.242 e. The molecule has 116 valence electrons. The summed E-state index contributed by atoms with van der Waals surface area (Å²) < 4.78 is 23.4. The quantitative estimate of drug-likeness (QED) is 0.803. The van der Waals surface area contributed by atoms with Gasteiger partial charge in [-0.1, -0.05) is 6.07 Å². The van der Waals surface area contributed by atoms with Crippen molar-refractivity contribution in [1.29, 1.82) is 0 Å². The topological polar surface area (TPSA) is 67.3 Å². The summed E-state index contributed by atoms with van der Waals surface area (Å²) in [5, 5.41) is 0.897. The number of fused-ring (bicyclic) bond motifs is 1. The number of sulfone groups is 1. The summed E-state index contributed by atoms with van der Waals surface area (Å²) in [6, 6.07) is 8.82. The van der Waals surface area contributed by atoms with Gasteiger partial charge >= 0.3 is 0 Å². The maximum atomic E-state index is 12.2. The van der Waals surface area contributed by atoms with Crippen molar-refractivity contribution in [1.82, 2.24) is 4.98 Å². The Kier molecular flexibility index (Phi) is 4.06. The molecule has 0 radical (unpaired) electrons. The third-order valence-electron chi connectivity index (χ3n) is 3.82. The first-order valence-corrected chi connectivity index (χ1v) is 9.29. The summed E-state index contributed by atoms with van der Waals surface area (Å²) >= 11 is 5.71. The summed E-state index contributed by atoms with van der Waals surface area (Å²) in [6.07, 6.45) is 2.14. The Balaban J connectivity index is 2.02. The Morgan fingerprint density at radius 3 is 2.86 bits per heavy atom. The van der Waals surface area contributed by atoms with Gasteiger partial charge in [0.25, 0.3) is 0 Å². The molecule has 1 saturated heterocycles. The van der Waals surface area contributed by atoms with Crippen molar-refractivity contribution >= 4 is 43.9 Å². The average Bonchev–Trinajstić information content (AvgIpc) is 2.87. The van der Waals surface area contributed by atoms with Crippen molar-refractivity contribution in [3.05, 3.63) is 36.5 Å². The van der Waals surface area contributed by atoms with E-state index in [1.807, 2.05) is 24.3 Å². The van der Waals surface area contributed by atoms with Gasteiger partial charge in [-0.25, -0.2) is 8.42 Å². The highest BCUT2D eigenvalue weighted by molar-refractivity contribution is 7.91. The second-order valence-electron chi connectivity index (χ2n) is 5.33. The molecule has 1 unspecified atom stereocenters. The molecule has 2 aromatic rings. The molecule has 1 fully saturated rings. The van der Waals surface area contributed by atoms with Gasteiger partial charge in [0.05, 0.1) is 23.1 Å². The number of amides is 1. The molecule has 1 aromatic carbocycles. The zero-order valence-corrected chi connectivity index (χ0v) is 13.3. The van der Waals surface area contributed by atoms with Crippen LogP contribution in [0, 0.1) is 0 Å². The number of nitrogens with zero attached hydrogens (tertiary/aromatic N) is 2. The van der Waals surface area contributed by atoms with Gasteiger partial charge in [0.1, 0.15) is 5.88 Å². The highest BCUT2D eigenvalue weighted by Gasteiger charge is 2.35. The van der Waals surface area contributed by atoms with E-state index >= 15 is 0 Å². The van der Waals surface area contributed by atoms with Crippen LogP contribution >= 0.6 is 11.6 Å². The van der Waals surface area contributed by atoms with Crippen molar-refractivity contribution in [2.24, 2.45) is 0 Å². The number of aromatic nitrogens is 1. The molecule has 0 N–H and O–H groups in total. The molecule has 0 spiro atoms. The minimum Gasteiger partial charge on any atom is -0.307 e. The highest BCUT2D eigenvalue weighted by atomic mass is 35.5. The fourth-order valence-corrected chi connectivity index (χ4v) is 4.64. The Bertz CT molecular complexity index is 822. The summed E-state index contributed by atoms with van der Waals surface area (Å²) in [7, 11) is -3.08. The standard InChI is InChI=1S/C15H15ClN2O3S/c16-9-15(19)18(13-5-7-22(20,21)10-13)12-3-4-14-11(8-12)2-1-6-17-14/h1-4,6,8,13H,5,7,9-10H2. The van der Waals surface area contributed by atoms with Crippen molar-refractivity contribution < 1.29 is 13.2 Å². The van der Waals surface area contributed by atoms with E-state index in [-0.39, 0.29) is 29.3 Å². The van der Waals surface area contributed by atoms with Crippen LogP contribution < -0.4 is 4.90 Å². The summed E-state index contributed by atoms with van der Waals surface area (Å²) in [6.45, 7) is 0. The van der Waals surface area contributed by atoms with E-state index in [9.17, 15) is 13.2 Å². The van der Waals surface area contributed by atoms with Crippen LogP contribution in [0.4, 0.5) is 5.69 Å². The Morgan fingerprint density at radius 1 is 1.36 bits per heavy atom. The first-order valence-electron chi connectivity index (χ1n) is 6.93. The van der Waals surface area contributed by atoms with Gasteiger partial charge in [0, 0.05) is 17.3 Å². The summed E-state index contributed by atoms with van der Waals surface area (Å²) in [4.78, 5) is 18.0. The second kappa shape index (κ2) is 5.85. The number of benzene rings is 1. The van der Waals surface area contributed by atoms with E-state index < -0.39 is 9.84 Å². The lowest BCUT2D eigenvalue weighted by Crippen LogP contribution is -2.42. The average molecular weight is 339 g/mol. The van der Waals surface area contributed by atoms with Crippen LogP contribution in [0.2, 0.25) is 0 Å². The van der Waals surface area contributed by atoms with Crippen molar-refractivity contribution in [3.8, 4) is 0 Å². The molecule has 0 bridgehead atoms. The predicted octanol–water partition coefficient (Wildman–Crippen LogP) is 1.99. The number of hydrogen-bond acceptors (Lipinski definition) is 4. The molecule has 2 heterocycles. The summed E-state index contributed by atoms with van der Waals surface area (Å²) in [5.41, 5.74) is 1.48. The Labute approximate surface area is 133 Å². The largest absolute Gasteiger partial charge is 0.307 e. The van der Waals surface area contributed by atoms with Gasteiger partial charge < -0.3 is 4.90 Å². The van der Waals surface area contributed by atoms with E-state index in [0.717, 1.165) is 10.9 Å². The number of halogens is 1. The number of alkyl halides is 1. The molecule has 0 saturated carbocycles. The van der Waals surface area contributed by atoms with Crippen molar-refractivity contribution in [2.75, 3.05) is 22.3 Å². The van der Waals surface area contributed by atoms with Gasteiger partial charge in [-0.15, -0.1) is 11.6 Å². The number of pyridine rings is 1. The van der Waals surface area contributed by atoms with Crippen LogP contribution in [0.25, 0.3) is 10.9 Å². The zero-order chi connectivity index (χ0) is 15.7. The number of hydrogen-bond donors (Lipinski definition) is 0. The third kappa shape index (κ3) is 2.94. The van der Waals surface area contributed by atoms with Crippen LogP contribution in [0.15, 0.2) is 36.5 Å². The van der Waals surface area contributed by atoms with Gasteiger partial charge in [-0.05, 0) is 30.7 Å². The maximum Gasteiger partial charge on any atom is 0.242 e. The minimum absolute atomic E-state index is 0.0132. The van der Waals surface area contributed by atoms with Crippen LogP contribution in [-0.2, 0) is 14.6 Å². The predicted molar refractivity (Wildman–Crippen MR) is 87.0 cm³/mol. The Hall–Kier alpha value is -1.66. The second-order valence-corrected chi connectivity index (χ2v) is 7.83. The molecular weight excluding hydrogens is 324 g/mol. The minimum atomic E-state index is -3.08. The SMILES string of the molecule is O=C(CCl)N(c1ccc2ncccc2c1)C1CCS(=O)(=O)C1. The number of carbonyl (C=O) groups excluding carboxylic acids is 1. The molecule has 0 aliphatic carbocycles. The molecule has 7 heteroatoms. The highest BCUT2D eigenvalue weighted by Crippen LogP contribution is 2.27. The summed E-state index contributed by atoms with van der Waals surface area (Å²) in [5.74, 6) is -0.367. The zero-order valence-electron chi connectivity index (χ0n) is 11.8. The monoisotopic (exact) mass is 338 g/mol. The lowest BCUT2D eigenvalue weighted by molar-refractivity contribution is -0.116. The Morgan fingerprint density at radius 2 is 2.18 bits per heavy atom. The molecule has 1 atom stereocenters. The first kappa shape index (κ1) is 15.2. The van der Waals surface area contributed by atoms with Gasteiger partial charge in [-0.2, -0.15) is 0 Å². The fourth-order valence-electron chi connectivity index (χ4n) is 2.81. The molecule has 1 aromatic heterocycles. The van der Waals surface area contributed by atoms with Crippen LogP contribution in [0.3, 0.4) is 0 Å². The van der Waals surface area contributed by atoms with Crippen LogP contribution in [0.1, 0.15) is 6.42 Å². The molecule has 1 amide bonds. The maximum absolute atomic E-state index is 12.2. The molecule has 1 aliphatic heterocycles. The van der Waals surface area contributed by atoms with Gasteiger partial charge in [0.2, 0.25) is 5.91 Å². The van der Waals surface area contributed by atoms with Crippen molar-refractivity contribution in [2.45, 2.75) is 12.5 Å². The number of carbonyl (C=O) groups is 1. The van der Waals surface area contributed by atoms with E-state index in [0.29, 0.717) is 12.1 Å². The molecule has 3 rings (SSSR count). The first-order chi connectivity index (χ1) is 10.5. The van der Waals surface area contributed by atoms with Crippen LogP contribution in [0.5, 0.6) is 0 Å².